The minimum Gasteiger partial charge on any atom is -0.477 e. The molecular weight excluding hydrogens is 242 g/mol. The molecule has 1 N–H and O–H groups in total. The van der Waals surface area contributed by atoms with Gasteiger partial charge < -0.3 is 9.84 Å². The van der Waals surface area contributed by atoms with E-state index < -0.39 is 5.97 Å². The van der Waals surface area contributed by atoms with Crippen LogP contribution in [0.3, 0.4) is 0 Å². The maximum atomic E-state index is 11.1. The first-order valence-electron chi connectivity index (χ1n) is 6.21. The van der Waals surface area contributed by atoms with E-state index in [4.69, 9.17) is 9.84 Å². The highest BCUT2D eigenvalue weighted by Gasteiger charge is 2.14. The lowest BCUT2D eigenvalue weighted by Crippen LogP contribution is -2.00. The summed E-state index contributed by atoms with van der Waals surface area (Å²) in [7, 11) is 0. The maximum absolute atomic E-state index is 11.1. The zero-order chi connectivity index (χ0) is 13.2. The summed E-state index contributed by atoms with van der Waals surface area (Å²) in [6, 6.07) is 7.50. The largest absolute Gasteiger partial charge is 0.477 e. The number of carboxylic acids is 1. The van der Waals surface area contributed by atoms with Crippen LogP contribution in [0.2, 0.25) is 0 Å². The third kappa shape index (κ3) is 2.29. The van der Waals surface area contributed by atoms with E-state index in [1.54, 1.807) is 6.07 Å². The number of ether oxygens (including phenoxy) is 1. The summed E-state index contributed by atoms with van der Waals surface area (Å²) in [5, 5.41) is 9.08. The number of carbonyl (C=O) groups is 1. The van der Waals surface area contributed by atoms with Crippen molar-refractivity contribution in [2.75, 3.05) is 0 Å². The zero-order valence-corrected chi connectivity index (χ0v) is 10.3. The Balaban J connectivity index is 1.91. The summed E-state index contributed by atoms with van der Waals surface area (Å²) in [6.07, 6.45) is 6.18. The summed E-state index contributed by atoms with van der Waals surface area (Å²) in [5.74, 6) is -0.0425. The van der Waals surface area contributed by atoms with E-state index >= 15 is 0 Å². The number of aromatic nitrogens is 1. The molecule has 0 radical (unpaired) electrons. The van der Waals surface area contributed by atoms with Gasteiger partial charge in [-0.25, -0.2) is 4.79 Å². The fraction of sp³-hybridized carbons (Fsp3) is 0.200. The highest BCUT2D eigenvalue weighted by molar-refractivity contribution is 5.90. The van der Waals surface area contributed by atoms with E-state index in [1.165, 1.54) is 29.9 Å². The predicted octanol–water partition coefficient (Wildman–Crippen LogP) is 3.06. The molecule has 0 unspecified atom stereocenters. The van der Waals surface area contributed by atoms with Gasteiger partial charge in [0.2, 0.25) is 0 Å². The van der Waals surface area contributed by atoms with Crippen LogP contribution in [0.1, 0.15) is 27.9 Å². The number of hydrogen-bond donors (Lipinski definition) is 1. The van der Waals surface area contributed by atoms with Gasteiger partial charge in [0.25, 0.3) is 0 Å². The van der Waals surface area contributed by atoms with Crippen LogP contribution in [-0.4, -0.2) is 16.1 Å². The van der Waals surface area contributed by atoms with Gasteiger partial charge in [0.1, 0.15) is 17.1 Å². The number of hydrogen-bond acceptors (Lipinski definition) is 3. The Kier molecular flexibility index (Phi) is 2.91. The van der Waals surface area contributed by atoms with E-state index in [1.807, 2.05) is 12.1 Å². The average molecular weight is 255 g/mol. The van der Waals surface area contributed by atoms with Crippen molar-refractivity contribution in [3.8, 4) is 11.5 Å². The standard InChI is InChI=1S/C15H13NO3/c17-15(18)13-9-16-7-6-14(13)19-12-5-4-10-2-1-3-11(10)8-12/h4-9H,1-3H2,(H,17,18). The molecule has 1 aliphatic carbocycles. The molecule has 0 spiro atoms. The predicted molar refractivity (Wildman–Crippen MR) is 69.7 cm³/mol. The monoisotopic (exact) mass is 255 g/mol. The Hall–Kier alpha value is -2.36. The van der Waals surface area contributed by atoms with Gasteiger partial charge in [0.15, 0.2) is 0 Å². The lowest BCUT2D eigenvalue weighted by molar-refractivity contribution is 0.0693. The highest BCUT2D eigenvalue weighted by atomic mass is 16.5. The minimum atomic E-state index is -1.04. The Morgan fingerprint density at radius 1 is 1.21 bits per heavy atom. The van der Waals surface area contributed by atoms with Crippen LogP contribution in [0.5, 0.6) is 11.5 Å². The van der Waals surface area contributed by atoms with E-state index in [0.717, 1.165) is 12.8 Å². The molecule has 0 aliphatic heterocycles. The van der Waals surface area contributed by atoms with Crippen LogP contribution in [-0.2, 0) is 12.8 Å². The molecule has 19 heavy (non-hydrogen) atoms. The number of aryl methyl sites for hydroxylation is 2. The molecule has 0 fully saturated rings. The molecule has 1 heterocycles. The average Bonchev–Trinajstić information content (AvgIpc) is 2.86. The Bertz CT molecular complexity index is 637. The van der Waals surface area contributed by atoms with Crippen molar-refractivity contribution in [2.45, 2.75) is 19.3 Å². The topological polar surface area (TPSA) is 59.4 Å². The summed E-state index contributed by atoms with van der Waals surface area (Å²) in [5.41, 5.74) is 2.73. The second-order valence-electron chi connectivity index (χ2n) is 4.56. The molecule has 4 nitrogen and oxygen atoms in total. The van der Waals surface area contributed by atoms with Gasteiger partial charge in [-0.15, -0.1) is 0 Å². The van der Waals surface area contributed by atoms with Crippen LogP contribution < -0.4 is 4.74 Å². The van der Waals surface area contributed by atoms with Crippen molar-refractivity contribution >= 4 is 5.97 Å². The molecule has 4 heteroatoms. The van der Waals surface area contributed by atoms with Crippen molar-refractivity contribution in [3.05, 3.63) is 53.3 Å². The fourth-order valence-electron chi connectivity index (χ4n) is 2.37. The second-order valence-corrected chi connectivity index (χ2v) is 4.56. The Morgan fingerprint density at radius 3 is 2.89 bits per heavy atom. The Labute approximate surface area is 110 Å². The first kappa shape index (κ1) is 11.7. The van der Waals surface area contributed by atoms with Gasteiger partial charge in [0, 0.05) is 18.5 Å². The van der Waals surface area contributed by atoms with Gasteiger partial charge in [-0.1, -0.05) is 6.07 Å². The maximum Gasteiger partial charge on any atom is 0.341 e. The molecule has 0 saturated heterocycles. The third-order valence-corrected chi connectivity index (χ3v) is 3.31. The van der Waals surface area contributed by atoms with Crippen LogP contribution in [0.15, 0.2) is 36.7 Å². The van der Waals surface area contributed by atoms with Gasteiger partial charge >= 0.3 is 5.97 Å². The molecule has 96 valence electrons. The fourth-order valence-corrected chi connectivity index (χ4v) is 2.37. The Morgan fingerprint density at radius 2 is 2.05 bits per heavy atom. The number of rotatable bonds is 3. The first-order chi connectivity index (χ1) is 9.24. The number of aromatic carboxylic acids is 1. The summed E-state index contributed by atoms with van der Waals surface area (Å²) < 4.78 is 5.68. The molecule has 0 saturated carbocycles. The van der Waals surface area contributed by atoms with E-state index in [9.17, 15) is 4.79 Å². The summed E-state index contributed by atoms with van der Waals surface area (Å²) >= 11 is 0. The number of benzene rings is 1. The quantitative estimate of drug-likeness (QED) is 0.915. The lowest BCUT2D eigenvalue weighted by Gasteiger charge is -2.09. The molecule has 0 amide bonds. The number of pyridine rings is 1. The van der Waals surface area contributed by atoms with Crippen molar-refractivity contribution in [3.63, 3.8) is 0 Å². The van der Waals surface area contributed by atoms with Crippen molar-refractivity contribution in [1.29, 1.82) is 0 Å². The molecule has 1 aliphatic rings. The number of nitrogens with zero attached hydrogens (tertiary/aromatic N) is 1. The number of carboxylic acid groups (broad SMARTS) is 1. The van der Waals surface area contributed by atoms with Crippen LogP contribution in [0, 0.1) is 0 Å². The lowest BCUT2D eigenvalue weighted by atomic mass is 10.1. The SMILES string of the molecule is O=C(O)c1cnccc1Oc1ccc2c(c1)CCC2. The molecule has 3 rings (SSSR count). The van der Waals surface area contributed by atoms with Gasteiger partial charge in [0.05, 0.1) is 0 Å². The normalized spacial score (nSPS) is 13.1. The van der Waals surface area contributed by atoms with E-state index in [0.29, 0.717) is 11.5 Å². The van der Waals surface area contributed by atoms with Gasteiger partial charge in [-0.3, -0.25) is 4.98 Å². The van der Waals surface area contributed by atoms with Crippen molar-refractivity contribution in [1.82, 2.24) is 4.98 Å². The van der Waals surface area contributed by atoms with Crippen LogP contribution in [0.4, 0.5) is 0 Å². The van der Waals surface area contributed by atoms with E-state index in [2.05, 4.69) is 11.1 Å². The zero-order valence-electron chi connectivity index (χ0n) is 10.3. The third-order valence-electron chi connectivity index (χ3n) is 3.31. The first-order valence-corrected chi connectivity index (χ1v) is 6.21. The molecule has 0 atom stereocenters. The molecule has 2 aromatic rings. The molecular formula is C15H13NO3. The molecule has 0 bridgehead atoms. The second kappa shape index (κ2) is 4.72. The van der Waals surface area contributed by atoms with Gasteiger partial charge in [-0.2, -0.15) is 0 Å². The van der Waals surface area contributed by atoms with Crippen molar-refractivity contribution < 1.29 is 14.6 Å². The molecule has 1 aromatic carbocycles. The highest BCUT2D eigenvalue weighted by Crippen LogP contribution is 2.30. The van der Waals surface area contributed by atoms with Crippen LogP contribution >= 0.6 is 0 Å². The van der Waals surface area contributed by atoms with Gasteiger partial charge in [-0.05, 0) is 42.5 Å². The molecule has 1 aromatic heterocycles. The minimum absolute atomic E-state index is 0.0722. The van der Waals surface area contributed by atoms with E-state index in [-0.39, 0.29) is 5.56 Å². The number of fused-ring (bicyclic) bond motifs is 1. The smallest absolute Gasteiger partial charge is 0.341 e. The summed E-state index contributed by atoms with van der Waals surface area (Å²) in [6.45, 7) is 0. The van der Waals surface area contributed by atoms with Crippen molar-refractivity contribution in [2.24, 2.45) is 0 Å². The summed E-state index contributed by atoms with van der Waals surface area (Å²) in [4.78, 5) is 14.9. The van der Waals surface area contributed by atoms with Crippen LogP contribution in [0.25, 0.3) is 0 Å².